The number of ether oxygens (including phenoxy) is 1. The Morgan fingerprint density at radius 3 is 2.67 bits per heavy atom. The monoisotopic (exact) mass is 346 g/mol. The van der Waals surface area contributed by atoms with Crippen molar-refractivity contribution < 1.29 is 14.6 Å². The van der Waals surface area contributed by atoms with Crippen LogP contribution in [0.3, 0.4) is 0 Å². The van der Waals surface area contributed by atoms with Gasteiger partial charge in [-0.05, 0) is 36.3 Å². The Kier molecular flexibility index (Phi) is 5.17. The standard InChI is InChI=1S/C17H15BrO3/c1-12-9-15(18)10-14(7-8-16(19)20)17(12)21-11-13-5-3-2-4-6-13/h2-10H,11H2,1H3,(H,19,20)/b8-7+. The zero-order chi connectivity index (χ0) is 15.2. The Labute approximate surface area is 132 Å². The Morgan fingerprint density at radius 2 is 2.00 bits per heavy atom. The smallest absolute Gasteiger partial charge is 0.328 e. The fourth-order valence-corrected chi connectivity index (χ4v) is 2.56. The van der Waals surface area contributed by atoms with Crippen LogP contribution >= 0.6 is 15.9 Å². The fourth-order valence-electron chi connectivity index (χ4n) is 1.97. The van der Waals surface area contributed by atoms with Crippen LogP contribution in [0.25, 0.3) is 6.08 Å². The zero-order valence-corrected chi connectivity index (χ0v) is 13.1. The molecule has 0 spiro atoms. The van der Waals surface area contributed by atoms with Gasteiger partial charge in [0.2, 0.25) is 0 Å². The molecule has 2 aromatic rings. The molecular weight excluding hydrogens is 332 g/mol. The van der Waals surface area contributed by atoms with Crippen molar-refractivity contribution in [3.8, 4) is 5.75 Å². The van der Waals surface area contributed by atoms with Gasteiger partial charge in [-0.1, -0.05) is 46.3 Å². The summed E-state index contributed by atoms with van der Waals surface area (Å²) >= 11 is 3.41. The molecule has 0 aliphatic carbocycles. The summed E-state index contributed by atoms with van der Waals surface area (Å²) in [4.78, 5) is 10.7. The van der Waals surface area contributed by atoms with Crippen LogP contribution in [0.1, 0.15) is 16.7 Å². The van der Waals surface area contributed by atoms with Crippen molar-refractivity contribution in [2.45, 2.75) is 13.5 Å². The molecular formula is C17H15BrO3. The number of rotatable bonds is 5. The van der Waals surface area contributed by atoms with Gasteiger partial charge < -0.3 is 9.84 Å². The van der Waals surface area contributed by atoms with E-state index in [1.54, 1.807) is 6.08 Å². The van der Waals surface area contributed by atoms with Crippen LogP contribution in [-0.2, 0) is 11.4 Å². The minimum absolute atomic E-state index is 0.442. The lowest BCUT2D eigenvalue weighted by Gasteiger charge is -2.13. The van der Waals surface area contributed by atoms with E-state index in [1.165, 1.54) is 0 Å². The fraction of sp³-hybridized carbons (Fsp3) is 0.118. The molecule has 0 heterocycles. The third-order valence-corrected chi connectivity index (χ3v) is 3.36. The molecule has 0 aromatic heterocycles. The number of benzene rings is 2. The summed E-state index contributed by atoms with van der Waals surface area (Å²) in [6, 6.07) is 13.6. The Morgan fingerprint density at radius 1 is 1.29 bits per heavy atom. The summed E-state index contributed by atoms with van der Waals surface area (Å²) in [6.07, 6.45) is 2.65. The predicted molar refractivity (Wildman–Crippen MR) is 86.3 cm³/mol. The van der Waals surface area contributed by atoms with Crippen LogP contribution in [0.5, 0.6) is 5.75 Å². The Balaban J connectivity index is 2.26. The van der Waals surface area contributed by atoms with E-state index in [9.17, 15) is 4.79 Å². The van der Waals surface area contributed by atoms with E-state index in [0.717, 1.165) is 27.2 Å². The van der Waals surface area contributed by atoms with Crippen LogP contribution < -0.4 is 4.74 Å². The molecule has 0 bridgehead atoms. The van der Waals surface area contributed by atoms with E-state index >= 15 is 0 Å². The lowest BCUT2D eigenvalue weighted by Crippen LogP contribution is -1.99. The van der Waals surface area contributed by atoms with Crippen molar-refractivity contribution in [3.05, 3.63) is 69.7 Å². The molecule has 0 atom stereocenters. The van der Waals surface area contributed by atoms with E-state index < -0.39 is 5.97 Å². The summed E-state index contributed by atoms with van der Waals surface area (Å²) in [5.74, 6) is -0.291. The number of carboxylic acids is 1. The van der Waals surface area contributed by atoms with E-state index in [4.69, 9.17) is 9.84 Å². The summed E-state index contributed by atoms with van der Waals surface area (Å²) in [6.45, 7) is 2.38. The zero-order valence-electron chi connectivity index (χ0n) is 11.5. The average Bonchev–Trinajstić information content (AvgIpc) is 2.45. The molecule has 4 heteroatoms. The van der Waals surface area contributed by atoms with Gasteiger partial charge in [0.05, 0.1) is 0 Å². The lowest BCUT2D eigenvalue weighted by atomic mass is 10.1. The Hall–Kier alpha value is -2.07. The highest BCUT2D eigenvalue weighted by Crippen LogP contribution is 2.29. The van der Waals surface area contributed by atoms with Gasteiger partial charge in [-0.15, -0.1) is 0 Å². The molecule has 2 rings (SSSR count). The summed E-state index contributed by atoms with van der Waals surface area (Å²) in [7, 11) is 0. The maximum absolute atomic E-state index is 10.7. The van der Waals surface area contributed by atoms with Crippen LogP contribution in [-0.4, -0.2) is 11.1 Å². The topological polar surface area (TPSA) is 46.5 Å². The lowest BCUT2D eigenvalue weighted by molar-refractivity contribution is -0.131. The maximum atomic E-state index is 10.7. The van der Waals surface area contributed by atoms with Gasteiger partial charge in [0.25, 0.3) is 0 Å². The van der Waals surface area contributed by atoms with Gasteiger partial charge in [0.1, 0.15) is 12.4 Å². The van der Waals surface area contributed by atoms with Gasteiger partial charge in [-0.2, -0.15) is 0 Å². The van der Waals surface area contributed by atoms with Crippen LogP contribution in [0.2, 0.25) is 0 Å². The van der Waals surface area contributed by atoms with Crippen molar-refractivity contribution in [3.63, 3.8) is 0 Å². The molecule has 0 amide bonds. The second-order valence-electron chi connectivity index (χ2n) is 4.59. The molecule has 0 aliphatic heterocycles. The van der Waals surface area contributed by atoms with Gasteiger partial charge in [0, 0.05) is 16.1 Å². The predicted octanol–water partition coefficient (Wildman–Crippen LogP) is 4.43. The molecule has 0 fully saturated rings. The van der Waals surface area contributed by atoms with Crippen LogP contribution in [0, 0.1) is 6.92 Å². The summed E-state index contributed by atoms with van der Waals surface area (Å²) in [5.41, 5.74) is 2.75. The Bertz CT molecular complexity index is 663. The number of hydrogen-bond acceptors (Lipinski definition) is 2. The minimum Gasteiger partial charge on any atom is -0.488 e. The molecule has 1 N–H and O–H groups in total. The third kappa shape index (κ3) is 4.46. The average molecular weight is 347 g/mol. The first-order chi connectivity index (χ1) is 10.1. The third-order valence-electron chi connectivity index (χ3n) is 2.90. The normalized spacial score (nSPS) is 10.8. The molecule has 0 saturated carbocycles. The molecule has 0 saturated heterocycles. The second kappa shape index (κ2) is 7.09. The SMILES string of the molecule is Cc1cc(Br)cc(/C=C/C(=O)O)c1OCc1ccccc1. The molecule has 3 nitrogen and oxygen atoms in total. The first-order valence-electron chi connectivity index (χ1n) is 6.44. The first kappa shape index (κ1) is 15.3. The van der Waals surface area contributed by atoms with E-state index in [1.807, 2.05) is 49.4 Å². The van der Waals surface area contributed by atoms with E-state index in [-0.39, 0.29) is 0 Å². The number of hydrogen-bond donors (Lipinski definition) is 1. The number of aliphatic carboxylic acids is 1. The van der Waals surface area contributed by atoms with Crippen molar-refractivity contribution in [2.75, 3.05) is 0 Å². The van der Waals surface area contributed by atoms with Crippen molar-refractivity contribution in [1.82, 2.24) is 0 Å². The van der Waals surface area contributed by atoms with Gasteiger partial charge in [-0.25, -0.2) is 4.79 Å². The number of carbonyl (C=O) groups is 1. The highest BCUT2D eigenvalue weighted by Gasteiger charge is 2.08. The molecule has 0 unspecified atom stereocenters. The van der Waals surface area contributed by atoms with Crippen molar-refractivity contribution in [1.29, 1.82) is 0 Å². The van der Waals surface area contributed by atoms with Gasteiger partial charge in [0.15, 0.2) is 0 Å². The highest BCUT2D eigenvalue weighted by molar-refractivity contribution is 9.10. The molecule has 108 valence electrons. The highest BCUT2D eigenvalue weighted by atomic mass is 79.9. The van der Waals surface area contributed by atoms with Crippen LogP contribution in [0.4, 0.5) is 0 Å². The second-order valence-corrected chi connectivity index (χ2v) is 5.50. The van der Waals surface area contributed by atoms with Crippen molar-refractivity contribution in [2.24, 2.45) is 0 Å². The van der Waals surface area contributed by atoms with E-state index in [0.29, 0.717) is 12.4 Å². The molecule has 0 radical (unpaired) electrons. The maximum Gasteiger partial charge on any atom is 0.328 e. The summed E-state index contributed by atoms with van der Waals surface area (Å²) < 4.78 is 6.76. The van der Waals surface area contributed by atoms with Crippen LogP contribution in [0.15, 0.2) is 53.0 Å². The van der Waals surface area contributed by atoms with Gasteiger partial charge in [-0.3, -0.25) is 0 Å². The minimum atomic E-state index is -0.985. The molecule has 0 aliphatic rings. The molecule has 21 heavy (non-hydrogen) atoms. The first-order valence-corrected chi connectivity index (χ1v) is 7.23. The van der Waals surface area contributed by atoms with E-state index in [2.05, 4.69) is 15.9 Å². The van der Waals surface area contributed by atoms with Gasteiger partial charge >= 0.3 is 5.97 Å². The quantitative estimate of drug-likeness (QED) is 0.814. The summed E-state index contributed by atoms with van der Waals surface area (Å²) in [5, 5.41) is 8.77. The number of aryl methyl sites for hydroxylation is 1. The number of halogens is 1. The number of carboxylic acid groups (broad SMARTS) is 1. The largest absolute Gasteiger partial charge is 0.488 e. The molecule has 2 aromatic carbocycles. The van der Waals surface area contributed by atoms with Crippen molar-refractivity contribution >= 4 is 28.0 Å².